The van der Waals surface area contributed by atoms with Crippen LogP contribution in [0.4, 0.5) is 0 Å². The molecule has 0 N–H and O–H groups in total. The summed E-state index contributed by atoms with van der Waals surface area (Å²) in [6.07, 6.45) is 7.75. The van der Waals surface area contributed by atoms with Crippen LogP contribution in [0.15, 0.2) is 35.0 Å². The van der Waals surface area contributed by atoms with Crippen LogP contribution in [-0.4, -0.2) is 19.0 Å². The van der Waals surface area contributed by atoms with Crippen LogP contribution in [0.5, 0.6) is 0 Å². The van der Waals surface area contributed by atoms with Gasteiger partial charge in [-0.3, -0.25) is 4.79 Å². The fourth-order valence-electron chi connectivity index (χ4n) is 1.37. The number of hydrogen-bond acceptors (Lipinski definition) is 3. The molecule has 1 unspecified atom stereocenters. The van der Waals surface area contributed by atoms with Gasteiger partial charge in [0, 0.05) is 13.5 Å². The summed E-state index contributed by atoms with van der Waals surface area (Å²) in [6, 6.07) is 3.38. The smallest absolute Gasteiger partial charge is 0.200 e. The van der Waals surface area contributed by atoms with E-state index in [2.05, 4.69) is 6.92 Å². The third kappa shape index (κ3) is 4.03. The first-order valence-corrected chi connectivity index (χ1v) is 5.54. The first-order valence-electron chi connectivity index (χ1n) is 5.54. The van der Waals surface area contributed by atoms with Gasteiger partial charge in [0.05, 0.1) is 12.4 Å². The van der Waals surface area contributed by atoms with Crippen LogP contribution in [0.2, 0.25) is 0 Å². The molecule has 0 bridgehead atoms. The molecule has 1 atom stereocenters. The highest BCUT2D eigenvalue weighted by Gasteiger charge is 2.14. The molecule has 16 heavy (non-hydrogen) atoms. The second-order valence-electron chi connectivity index (χ2n) is 3.60. The van der Waals surface area contributed by atoms with E-state index in [1.54, 1.807) is 19.2 Å². The number of Topliss-reactive ketones (excluding diaryl/α,β-unsaturated/α-hetero) is 1. The van der Waals surface area contributed by atoms with Crippen molar-refractivity contribution in [3.8, 4) is 0 Å². The van der Waals surface area contributed by atoms with Gasteiger partial charge in [-0.25, -0.2) is 0 Å². The van der Waals surface area contributed by atoms with Crippen molar-refractivity contribution in [3.05, 3.63) is 36.3 Å². The van der Waals surface area contributed by atoms with Crippen molar-refractivity contribution in [2.75, 3.05) is 7.11 Å². The second kappa shape index (κ2) is 7.01. The van der Waals surface area contributed by atoms with E-state index in [0.29, 0.717) is 12.2 Å². The number of rotatable bonds is 7. The lowest BCUT2D eigenvalue weighted by Gasteiger charge is -2.08. The normalized spacial score (nSPS) is 13.1. The van der Waals surface area contributed by atoms with Crippen LogP contribution in [-0.2, 0) is 4.74 Å². The number of hydrogen-bond donors (Lipinski definition) is 0. The molecule has 0 saturated carbocycles. The molecule has 0 radical (unpaired) electrons. The Balaban J connectivity index is 2.47. The van der Waals surface area contributed by atoms with Gasteiger partial charge < -0.3 is 9.15 Å². The minimum atomic E-state index is -0.163. The molecule has 0 amide bonds. The second-order valence-corrected chi connectivity index (χ2v) is 3.60. The molecule has 0 spiro atoms. The molecule has 0 aliphatic rings. The molecule has 1 heterocycles. The zero-order valence-electron chi connectivity index (χ0n) is 9.81. The Bertz CT molecular complexity index is 325. The number of furan rings is 1. The SMILES string of the molecule is CCC/C=C/C(CC(=O)c1ccco1)OC. The summed E-state index contributed by atoms with van der Waals surface area (Å²) >= 11 is 0. The predicted molar refractivity (Wildman–Crippen MR) is 62.5 cm³/mol. The molecular formula is C13H18O3. The molecule has 0 fully saturated rings. The highest BCUT2D eigenvalue weighted by Crippen LogP contribution is 2.09. The van der Waals surface area contributed by atoms with Gasteiger partial charge in [-0.1, -0.05) is 25.5 Å². The first-order chi connectivity index (χ1) is 7.77. The Morgan fingerprint density at radius 3 is 3.00 bits per heavy atom. The molecule has 0 saturated heterocycles. The van der Waals surface area contributed by atoms with Gasteiger partial charge in [-0.2, -0.15) is 0 Å². The van der Waals surface area contributed by atoms with E-state index >= 15 is 0 Å². The minimum Gasteiger partial charge on any atom is -0.461 e. The van der Waals surface area contributed by atoms with Crippen LogP contribution >= 0.6 is 0 Å². The molecule has 3 heteroatoms. The standard InChI is InChI=1S/C13H18O3/c1-3-4-5-7-11(15-2)10-12(14)13-8-6-9-16-13/h5-9,11H,3-4,10H2,1-2H3/b7-5+. The summed E-state index contributed by atoms with van der Waals surface area (Å²) < 4.78 is 10.3. The Labute approximate surface area is 96.1 Å². The Kier molecular flexibility index (Phi) is 5.57. The van der Waals surface area contributed by atoms with E-state index in [1.165, 1.54) is 6.26 Å². The van der Waals surface area contributed by atoms with Crippen molar-refractivity contribution in [1.82, 2.24) is 0 Å². The molecule has 0 aromatic carbocycles. The summed E-state index contributed by atoms with van der Waals surface area (Å²) in [6.45, 7) is 2.11. The highest BCUT2D eigenvalue weighted by molar-refractivity contribution is 5.93. The van der Waals surface area contributed by atoms with Crippen LogP contribution in [0.3, 0.4) is 0 Å². The molecule has 1 rings (SSSR count). The average Bonchev–Trinajstić information content (AvgIpc) is 2.81. The number of allylic oxidation sites excluding steroid dienone is 1. The lowest BCUT2D eigenvalue weighted by atomic mass is 10.1. The molecule has 88 valence electrons. The number of carbonyl (C=O) groups is 1. The summed E-state index contributed by atoms with van der Waals surface area (Å²) in [5.41, 5.74) is 0. The topological polar surface area (TPSA) is 39.4 Å². The van der Waals surface area contributed by atoms with Gasteiger partial charge in [0.1, 0.15) is 0 Å². The lowest BCUT2D eigenvalue weighted by Crippen LogP contribution is -2.13. The van der Waals surface area contributed by atoms with E-state index < -0.39 is 0 Å². The Hall–Kier alpha value is -1.35. The number of ether oxygens (including phenoxy) is 1. The van der Waals surface area contributed by atoms with Crippen molar-refractivity contribution in [3.63, 3.8) is 0 Å². The molecule has 0 aliphatic carbocycles. The predicted octanol–water partition coefficient (Wildman–Crippen LogP) is 3.22. The van der Waals surface area contributed by atoms with Crippen LogP contribution < -0.4 is 0 Å². The summed E-state index contributed by atoms with van der Waals surface area (Å²) in [7, 11) is 1.61. The van der Waals surface area contributed by atoms with Crippen LogP contribution in [0, 0.1) is 0 Å². The fourth-order valence-corrected chi connectivity index (χ4v) is 1.37. The quantitative estimate of drug-likeness (QED) is 0.525. The maximum atomic E-state index is 11.7. The van der Waals surface area contributed by atoms with Crippen molar-refractivity contribution in [2.24, 2.45) is 0 Å². The van der Waals surface area contributed by atoms with E-state index in [9.17, 15) is 4.79 Å². The molecule has 1 aromatic rings. The Morgan fingerprint density at radius 2 is 2.44 bits per heavy atom. The summed E-state index contributed by atoms with van der Waals surface area (Å²) in [4.78, 5) is 11.7. The monoisotopic (exact) mass is 222 g/mol. The van der Waals surface area contributed by atoms with Gasteiger partial charge in [0.15, 0.2) is 5.76 Å². The van der Waals surface area contributed by atoms with Crippen molar-refractivity contribution >= 4 is 5.78 Å². The third-order valence-electron chi connectivity index (χ3n) is 2.29. The summed E-state index contributed by atoms with van der Waals surface area (Å²) in [5.74, 6) is 0.365. The first kappa shape index (κ1) is 12.7. The van der Waals surface area contributed by atoms with Crippen molar-refractivity contribution in [1.29, 1.82) is 0 Å². The molecule has 3 nitrogen and oxygen atoms in total. The van der Waals surface area contributed by atoms with Crippen LogP contribution in [0.25, 0.3) is 0 Å². The lowest BCUT2D eigenvalue weighted by molar-refractivity contribution is 0.0826. The van der Waals surface area contributed by atoms with E-state index in [0.717, 1.165) is 12.8 Å². The largest absolute Gasteiger partial charge is 0.461 e. The Morgan fingerprint density at radius 1 is 1.62 bits per heavy atom. The van der Waals surface area contributed by atoms with Gasteiger partial charge in [-0.15, -0.1) is 0 Å². The van der Waals surface area contributed by atoms with E-state index in [-0.39, 0.29) is 11.9 Å². The van der Waals surface area contributed by atoms with Crippen molar-refractivity contribution in [2.45, 2.75) is 32.3 Å². The fraction of sp³-hybridized carbons (Fsp3) is 0.462. The molecule has 1 aromatic heterocycles. The molecular weight excluding hydrogens is 204 g/mol. The van der Waals surface area contributed by atoms with E-state index in [1.807, 2.05) is 12.2 Å². The number of ketones is 1. The number of methoxy groups -OCH3 is 1. The third-order valence-corrected chi connectivity index (χ3v) is 2.29. The van der Waals surface area contributed by atoms with Crippen molar-refractivity contribution < 1.29 is 13.9 Å². The minimum absolute atomic E-state index is 0.0296. The van der Waals surface area contributed by atoms with Gasteiger partial charge in [0.25, 0.3) is 0 Å². The molecule has 0 aliphatic heterocycles. The number of carbonyl (C=O) groups excluding carboxylic acids is 1. The van der Waals surface area contributed by atoms with Gasteiger partial charge in [-0.05, 0) is 18.6 Å². The van der Waals surface area contributed by atoms with Crippen LogP contribution in [0.1, 0.15) is 36.7 Å². The maximum Gasteiger partial charge on any atom is 0.200 e. The maximum absolute atomic E-state index is 11.7. The average molecular weight is 222 g/mol. The summed E-state index contributed by atoms with van der Waals surface area (Å²) in [5, 5.41) is 0. The van der Waals surface area contributed by atoms with E-state index in [4.69, 9.17) is 9.15 Å². The zero-order valence-corrected chi connectivity index (χ0v) is 9.81. The van der Waals surface area contributed by atoms with Gasteiger partial charge >= 0.3 is 0 Å². The number of unbranched alkanes of at least 4 members (excludes halogenated alkanes) is 1. The zero-order chi connectivity index (χ0) is 11.8. The van der Waals surface area contributed by atoms with Gasteiger partial charge in [0.2, 0.25) is 5.78 Å². The highest BCUT2D eigenvalue weighted by atomic mass is 16.5.